The molecule has 0 saturated heterocycles. The van der Waals surface area contributed by atoms with E-state index >= 15 is 0 Å². The summed E-state index contributed by atoms with van der Waals surface area (Å²) in [5.74, 6) is -3.06. The molecule has 0 bridgehead atoms. The zero-order valence-electron chi connectivity index (χ0n) is 10.1. The number of aliphatic carboxylic acids is 1. The Morgan fingerprint density at radius 3 is 2.44 bits per heavy atom. The van der Waals surface area contributed by atoms with Crippen LogP contribution in [-0.4, -0.2) is 39.6 Å². The van der Waals surface area contributed by atoms with E-state index in [1.54, 1.807) is 13.8 Å². The van der Waals surface area contributed by atoms with Crippen LogP contribution in [0.4, 0.5) is 4.39 Å². The van der Waals surface area contributed by atoms with E-state index in [2.05, 4.69) is 0 Å². The van der Waals surface area contributed by atoms with E-state index < -0.39 is 24.2 Å². The monoisotopic (exact) mass is 255 g/mol. The lowest BCUT2D eigenvalue weighted by Gasteiger charge is -2.25. The number of aromatic hydroxyl groups is 1. The summed E-state index contributed by atoms with van der Waals surface area (Å²) in [7, 11) is 0. The Kier molecular flexibility index (Phi) is 4.25. The van der Waals surface area contributed by atoms with E-state index in [1.165, 1.54) is 6.07 Å². The van der Waals surface area contributed by atoms with Crippen molar-refractivity contribution in [2.45, 2.75) is 19.9 Å². The summed E-state index contributed by atoms with van der Waals surface area (Å²) in [4.78, 5) is 23.7. The number of hydrogen-bond donors (Lipinski definition) is 2. The molecule has 18 heavy (non-hydrogen) atoms. The molecule has 0 aliphatic rings. The molecule has 0 aliphatic heterocycles. The highest BCUT2D eigenvalue weighted by Gasteiger charge is 2.23. The molecule has 0 atom stereocenters. The SMILES string of the molecule is CC(C)N(CC(=O)O)C(=O)c1ccc(O)cc1F. The Hall–Kier alpha value is -2.11. The summed E-state index contributed by atoms with van der Waals surface area (Å²) in [6.45, 7) is 2.77. The summed E-state index contributed by atoms with van der Waals surface area (Å²) < 4.78 is 13.5. The second kappa shape index (κ2) is 5.48. The van der Waals surface area contributed by atoms with Gasteiger partial charge < -0.3 is 15.1 Å². The lowest BCUT2D eigenvalue weighted by atomic mass is 10.1. The number of phenolic OH excluding ortho intramolecular Hbond substituents is 1. The van der Waals surface area contributed by atoms with Crippen LogP contribution in [0.2, 0.25) is 0 Å². The molecule has 1 rings (SSSR count). The van der Waals surface area contributed by atoms with Gasteiger partial charge in [0.05, 0.1) is 5.56 Å². The van der Waals surface area contributed by atoms with Gasteiger partial charge >= 0.3 is 5.97 Å². The van der Waals surface area contributed by atoms with Gasteiger partial charge in [-0.2, -0.15) is 0 Å². The van der Waals surface area contributed by atoms with Crippen LogP contribution in [0.25, 0.3) is 0 Å². The van der Waals surface area contributed by atoms with E-state index in [-0.39, 0.29) is 17.4 Å². The van der Waals surface area contributed by atoms with Crippen molar-refractivity contribution < 1.29 is 24.2 Å². The molecule has 0 unspecified atom stereocenters. The standard InChI is InChI=1S/C12H14FNO4/c1-7(2)14(6-11(16)17)12(18)9-4-3-8(15)5-10(9)13/h3-5,7,15H,6H2,1-2H3,(H,16,17). The highest BCUT2D eigenvalue weighted by molar-refractivity contribution is 5.96. The molecule has 0 aliphatic carbocycles. The van der Waals surface area contributed by atoms with Gasteiger partial charge in [0.25, 0.3) is 5.91 Å². The number of carboxylic acid groups (broad SMARTS) is 1. The average Bonchev–Trinajstić information content (AvgIpc) is 2.24. The first-order valence-electron chi connectivity index (χ1n) is 5.34. The quantitative estimate of drug-likeness (QED) is 0.854. The van der Waals surface area contributed by atoms with Gasteiger partial charge in [-0.25, -0.2) is 4.39 Å². The minimum Gasteiger partial charge on any atom is -0.508 e. The minimum atomic E-state index is -1.17. The molecule has 1 aromatic rings. The number of carbonyl (C=O) groups excluding carboxylic acids is 1. The maximum atomic E-state index is 13.5. The summed E-state index contributed by atoms with van der Waals surface area (Å²) in [5, 5.41) is 17.8. The van der Waals surface area contributed by atoms with Crippen LogP contribution in [-0.2, 0) is 4.79 Å². The third kappa shape index (κ3) is 3.19. The van der Waals surface area contributed by atoms with Gasteiger partial charge in [-0.15, -0.1) is 0 Å². The maximum absolute atomic E-state index is 13.5. The Balaban J connectivity index is 3.05. The summed E-state index contributed by atoms with van der Waals surface area (Å²) in [6, 6.07) is 2.74. The Morgan fingerprint density at radius 2 is 2.00 bits per heavy atom. The average molecular weight is 255 g/mol. The minimum absolute atomic E-state index is 0.261. The van der Waals surface area contributed by atoms with Crippen molar-refractivity contribution in [1.29, 1.82) is 0 Å². The fraction of sp³-hybridized carbons (Fsp3) is 0.333. The van der Waals surface area contributed by atoms with Crippen molar-refractivity contribution in [2.75, 3.05) is 6.54 Å². The Bertz CT molecular complexity index is 473. The molecule has 1 aromatic carbocycles. The van der Waals surface area contributed by atoms with Gasteiger partial charge in [0.2, 0.25) is 0 Å². The maximum Gasteiger partial charge on any atom is 0.323 e. The third-order valence-corrected chi connectivity index (χ3v) is 2.37. The molecule has 0 aromatic heterocycles. The van der Waals surface area contributed by atoms with Crippen molar-refractivity contribution in [1.82, 2.24) is 4.90 Å². The van der Waals surface area contributed by atoms with Crippen LogP contribution in [0.5, 0.6) is 5.75 Å². The van der Waals surface area contributed by atoms with Gasteiger partial charge in [0.1, 0.15) is 18.1 Å². The summed E-state index contributed by atoms with van der Waals surface area (Å²) in [6.07, 6.45) is 0. The number of carboxylic acids is 1. The van der Waals surface area contributed by atoms with Crippen LogP contribution in [0.1, 0.15) is 24.2 Å². The van der Waals surface area contributed by atoms with Gasteiger partial charge in [-0.1, -0.05) is 0 Å². The zero-order valence-corrected chi connectivity index (χ0v) is 10.1. The molecular formula is C12H14FNO4. The normalized spacial score (nSPS) is 10.4. The third-order valence-electron chi connectivity index (χ3n) is 2.37. The van der Waals surface area contributed by atoms with Crippen molar-refractivity contribution >= 4 is 11.9 Å². The number of rotatable bonds is 4. The van der Waals surface area contributed by atoms with E-state index in [9.17, 15) is 14.0 Å². The number of nitrogens with zero attached hydrogens (tertiary/aromatic N) is 1. The van der Waals surface area contributed by atoms with Gasteiger partial charge in [0, 0.05) is 12.1 Å². The second-order valence-electron chi connectivity index (χ2n) is 4.08. The van der Waals surface area contributed by atoms with Crippen LogP contribution in [0.3, 0.4) is 0 Å². The molecule has 0 heterocycles. The Morgan fingerprint density at radius 1 is 1.39 bits per heavy atom. The van der Waals surface area contributed by atoms with Gasteiger partial charge in [-0.3, -0.25) is 9.59 Å². The molecule has 2 N–H and O–H groups in total. The topological polar surface area (TPSA) is 77.8 Å². The van der Waals surface area contributed by atoms with Crippen LogP contribution in [0, 0.1) is 5.82 Å². The van der Waals surface area contributed by atoms with Crippen molar-refractivity contribution in [3.05, 3.63) is 29.6 Å². The molecule has 98 valence electrons. The molecule has 5 nitrogen and oxygen atoms in total. The first kappa shape index (κ1) is 14.0. The number of benzene rings is 1. The number of hydrogen-bond acceptors (Lipinski definition) is 3. The molecule has 0 fully saturated rings. The fourth-order valence-electron chi connectivity index (χ4n) is 1.47. The van der Waals surface area contributed by atoms with Crippen LogP contribution in [0.15, 0.2) is 18.2 Å². The Labute approximate surface area is 103 Å². The highest BCUT2D eigenvalue weighted by atomic mass is 19.1. The fourth-order valence-corrected chi connectivity index (χ4v) is 1.47. The van der Waals surface area contributed by atoms with Gasteiger partial charge in [-0.05, 0) is 26.0 Å². The number of halogens is 1. The number of carbonyl (C=O) groups is 2. The van der Waals surface area contributed by atoms with Crippen molar-refractivity contribution in [3.63, 3.8) is 0 Å². The first-order valence-corrected chi connectivity index (χ1v) is 5.34. The molecular weight excluding hydrogens is 241 g/mol. The molecule has 6 heteroatoms. The van der Waals surface area contributed by atoms with E-state index in [0.717, 1.165) is 17.0 Å². The van der Waals surface area contributed by atoms with Crippen LogP contribution >= 0.6 is 0 Å². The molecule has 1 amide bonds. The lowest BCUT2D eigenvalue weighted by molar-refractivity contribution is -0.138. The van der Waals surface area contributed by atoms with E-state index in [1.807, 2.05) is 0 Å². The molecule has 0 spiro atoms. The van der Waals surface area contributed by atoms with Gasteiger partial charge in [0.15, 0.2) is 0 Å². The van der Waals surface area contributed by atoms with E-state index in [0.29, 0.717) is 0 Å². The van der Waals surface area contributed by atoms with Crippen molar-refractivity contribution in [2.24, 2.45) is 0 Å². The predicted octanol–water partition coefficient (Wildman–Crippen LogP) is 1.47. The van der Waals surface area contributed by atoms with E-state index in [4.69, 9.17) is 10.2 Å². The highest BCUT2D eigenvalue weighted by Crippen LogP contribution is 2.17. The van der Waals surface area contributed by atoms with Crippen LogP contribution < -0.4 is 0 Å². The predicted molar refractivity (Wildman–Crippen MR) is 61.9 cm³/mol. The smallest absolute Gasteiger partial charge is 0.323 e. The molecule has 0 radical (unpaired) electrons. The van der Waals surface area contributed by atoms with Crippen molar-refractivity contribution in [3.8, 4) is 5.75 Å². The number of phenols is 1. The second-order valence-corrected chi connectivity index (χ2v) is 4.08. The first-order chi connectivity index (χ1) is 8.32. The summed E-state index contributed by atoms with van der Waals surface area (Å²) >= 11 is 0. The zero-order chi connectivity index (χ0) is 13.9. The lowest BCUT2D eigenvalue weighted by Crippen LogP contribution is -2.41. The largest absolute Gasteiger partial charge is 0.508 e. The number of amides is 1. The molecule has 0 saturated carbocycles. The summed E-state index contributed by atoms with van der Waals surface area (Å²) in [5.41, 5.74) is -0.261.